The molecule has 0 amide bonds. The molecule has 0 atom stereocenters. The molecule has 0 heterocycles. The number of esters is 1. The molecule has 0 aliphatic heterocycles. The van der Waals surface area contributed by atoms with Crippen LogP contribution < -0.4 is 10.0 Å². The van der Waals surface area contributed by atoms with Crippen LogP contribution in [0.5, 0.6) is 0 Å². The van der Waals surface area contributed by atoms with Crippen LogP contribution in [0.1, 0.15) is 24.2 Å². The molecule has 2 aromatic rings. The van der Waals surface area contributed by atoms with Crippen molar-refractivity contribution in [3.8, 4) is 6.07 Å². The van der Waals surface area contributed by atoms with Gasteiger partial charge in [0.25, 0.3) is 10.0 Å². The Morgan fingerprint density at radius 1 is 1.10 bits per heavy atom. The molecular weight excluding hydrogens is 394 g/mol. The van der Waals surface area contributed by atoms with E-state index < -0.39 is 16.0 Å². The molecule has 2 N–H and O–H groups in total. The molecule has 0 spiro atoms. The summed E-state index contributed by atoms with van der Waals surface area (Å²) in [7, 11) is -3.93. The van der Waals surface area contributed by atoms with Gasteiger partial charge in [-0.05, 0) is 38.1 Å². The minimum atomic E-state index is -3.93. The quantitative estimate of drug-likeness (QED) is 0.295. The maximum absolute atomic E-state index is 12.7. The second-order valence-corrected chi connectivity index (χ2v) is 7.45. The first-order valence-corrected chi connectivity index (χ1v) is 10.0. The van der Waals surface area contributed by atoms with Gasteiger partial charge in [0.15, 0.2) is 11.4 Å². The Bertz CT molecular complexity index is 1080. The number of nitrogens with zero attached hydrogens (tertiary/aromatic N) is 1. The van der Waals surface area contributed by atoms with E-state index in [1.165, 1.54) is 37.3 Å². The van der Waals surface area contributed by atoms with Crippen LogP contribution in [0, 0.1) is 11.3 Å². The van der Waals surface area contributed by atoms with Crippen molar-refractivity contribution < 1.29 is 22.7 Å². The second-order valence-electron chi connectivity index (χ2n) is 5.77. The van der Waals surface area contributed by atoms with Crippen molar-refractivity contribution in [3.05, 3.63) is 65.9 Å². The number of hydrogen-bond donors (Lipinski definition) is 2. The van der Waals surface area contributed by atoms with Gasteiger partial charge in [-0.3, -0.25) is 9.52 Å². The van der Waals surface area contributed by atoms with Crippen molar-refractivity contribution >= 4 is 33.2 Å². The van der Waals surface area contributed by atoms with Gasteiger partial charge in [0, 0.05) is 11.8 Å². The number of para-hydroxylation sites is 2. The Morgan fingerprint density at radius 2 is 1.72 bits per heavy atom. The van der Waals surface area contributed by atoms with Crippen LogP contribution in [-0.4, -0.2) is 26.8 Å². The lowest BCUT2D eigenvalue weighted by Gasteiger charge is -2.13. The van der Waals surface area contributed by atoms with Crippen LogP contribution in [0.3, 0.4) is 0 Å². The number of carbonyl (C=O) groups is 2. The Hall–Kier alpha value is -3.64. The number of benzene rings is 2. The fourth-order valence-electron chi connectivity index (χ4n) is 2.27. The van der Waals surface area contributed by atoms with Gasteiger partial charge < -0.3 is 10.1 Å². The minimum Gasteiger partial charge on any atom is -0.462 e. The monoisotopic (exact) mass is 413 g/mol. The highest BCUT2D eigenvalue weighted by atomic mass is 32.2. The Balaban J connectivity index is 2.27. The van der Waals surface area contributed by atoms with Crippen LogP contribution in [0.15, 0.2) is 65.2 Å². The maximum Gasteiger partial charge on any atom is 0.350 e. The van der Waals surface area contributed by atoms with Crippen LogP contribution in [0.2, 0.25) is 0 Å². The molecule has 0 aliphatic rings. The molecule has 2 aromatic carbocycles. The minimum absolute atomic E-state index is 0.0166. The van der Waals surface area contributed by atoms with Gasteiger partial charge in [0.05, 0.1) is 22.9 Å². The number of sulfonamides is 1. The van der Waals surface area contributed by atoms with Crippen LogP contribution in [0.4, 0.5) is 11.4 Å². The Morgan fingerprint density at radius 3 is 2.28 bits per heavy atom. The molecule has 8 nitrogen and oxygen atoms in total. The van der Waals surface area contributed by atoms with Gasteiger partial charge in [-0.15, -0.1) is 0 Å². The molecule has 0 unspecified atom stereocenters. The highest BCUT2D eigenvalue weighted by Crippen LogP contribution is 2.25. The first kappa shape index (κ1) is 21.7. The number of nitriles is 1. The van der Waals surface area contributed by atoms with Crippen molar-refractivity contribution in [2.24, 2.45) is 0 Å². The fourth-order valence-corrected chi connectivity index (χ4v) is 3.35. The van der Waals surface area contributed by atoms with Gasteiger partial charge in [-0.2, -0.15) is 5.26 Å². The zero-order valence-electron chi connectivity index (χ0n) is 15.8. The van der Waals surface area contributed by atoms with Gasteiger partial charge in [-0.1, -0.05) is 24.3 Å². The van der Waals surface area contributed by atoms with Crippen molar-refractivity contribution in [3.63, 3.8) is 0 Å². The summed E-state index contributed by atoms with van der Waals surface area (Å²) in [6.07, 6.45) is 1.15. The lowest BCUT2D eigenvalue weighted by Crippen LogP contribution is -2.14. The SMILES string of the molecule is CCOC(=O)/C(C#N)=C/Nc1ccccc1NS(=O)(=O)c1ccc(C(C)=O)cc1. The number of carbonyl (C=O) groups excluding carboxylic acids is 2. The van der Waals surface area contributed by atoms with Crippen molar-refractivity contribution in [2.45, 2.75) is 18.7 Å². The van der Waals surface area contributed by atoms with E-state index in [2.05, 4.69) is 10.0 Å². The van der Waals surface area contributed by atoms with Gasteiger partial charge in [-0.25, -0.2) is 13.2 Å². The van der Waals surface area contributed by atoms with E-state index in [1.54, 1.807) is 31.2 Å². The van der Waals surface area contributed by atoms with Crippen molar-refractivity contribution in [1.29, 1.82) is 5.26 Å². The lowest BCUT2D eigenvalue weighted by molar-refractivity contribution is -0.138. The Kier molecular flexibility index (Phi) is 7.11. The molecule has 9 heteroatoms. The van der Waals surface area contributed by atoms with Gasteiger partial charge >= 0.3 is 5.97 Å². The molecule has 0 saturated carbocycles. The second kappa shape index (κ2) is 9.52. The van der Waals surface area contributed by atoms with E-state index in [0.29, 0.717) is 11.3 Å². The summed E-state index contributed by atoms with van der Waals surface area (Å²) >= 11 is 0. The molecular formula is C20H19N3O5S. The number of rotatable bonds is 8. The highest BCUT2D eigenvalue weighted by Gasteiger charge is 2.17. The summed E-state index contributed by atoms with van der Waals surface area (Å²) < 4.78 is 32.5. The number of nitrogens with one attached hydrogen (secondary N) is 2. The fraction of sp³-hybridized carbons (Fsp3) is 0.150. The number of Topliss-reactive ketones (excluding diaryl/α,β-unsaturated/α-hetero) is 1. The van der Waals surface area contributed by atoms with Crippen LogP contribution >= 0.6 is 0 Å². The van der Waals surface area contributed by atoms with Crippen LogP contribution in [-0.2, 0) is 19.6 Å². The van der Waals surface area contributed by atoms with Gasteiger partial charge in [0.2, 0.25) is 0 Å². The third kappa shape index (κ3) is 5.67. The van der Waals surface area contributed by atoms with E-state index in [-0.39, 0.29) is 28.5 Å². The molecule has 29 heavy (non-hydrogen) atoms. The molecule has 0 aromatic heterocycles. The van der Waals surface area contributed by atoms with Crippen molar-refractivity contribution in [2.75, 3.05) is 16.6 Å². The molecule has 0 saturated heterocycles. The first-order chi connectivity index (χ1) is 13.8. The standard InChI is InChI=1S/C20H19N3O5S/c1-3-28-20(25)16(12-21)13-22-18-6-4-5-7-19(18)23-29(26,27)17-10-8-15(9-11-17)14(2)24/h4-11,13,22-23H,3H2,1-2H3/b16-13+. The highest BCUT2D eigenvalue weighted by molar-refractivity contribution is 7.92. The molecule has 0 bridgehead atoms. The Labute approximate surface area is 168 Å². The zero-order chi connectivity index (χ0) is 21.4. The van der Waals surface area contributed by atoms with Gasteiger partial charge in [0.1, 0.15) is 6.07 Å². The largest absolute Gasteiger partial charge is 0.462 e. The normalized spacial score (nSPS) is 11.3. The maximum atomic E-state index is 12.7. The number of hydrogen-bond acceptors (Lipinski definition) is 7. The van der Waals surface area contributed by atoms with E-state index in [1.807, 2.05) is 0 Å². The summed E-state index contributed by atoms with van der Waals surface area (Å²) in [5.41, 5.74) is 0.678. The predicted molar refractivity (Wildman–Crippen MR) is 108 cm³/mol. The predicted octanol–water partition coefficient (Wildman–Crippen LogP) is 3.07. The molecule has 0 radical (unpaired) electrons. The average molecular weight is 413 g/mol. The molecule has 0 fully saturated rings. The van der Waals surface area contributed by atoms with E-state index in [0.717, 1.165) is 6.20 Å². The molecule has 0 aliphatic carbocycles. The van der Waals surface area contributed by atoms with Crippen molar-refractivity contribution in [1.82, 2.24) is 0 Å². The summed E-state index contributed by atoms with van der Waals surface area (Å²) in [5.74, 6) is -0.954. The van der Waals surface area contributed by atoms with Crippen LogP contribution in [0.25, 0.3) is 0 Å². The summed E-state index contributed by atoms with van der Waals surface area (Å²) in [6, 6.07) is 13.6. The van der Waals surface area contributed by atoms with E-state index in [4.69, 9.17) is 10.00 Å². The third-order valence-corrected chi connectivity index (χ3v) is 5.11. The molecule has 2 rings (SSSR count). The summed E-state index contributed by atoms with van der Waals surface area (Å²) in [6.45, 7) is 3.13. The number of ketones is 1. The van der Waals surface area contributed by atoms with E-state index >= 15 is 0 Å². The van der Waals surface area contributed by atoms with E-state index in [9.17, 15) is 18.0 Å². The number of ether oxygens (including phenoxy) is 1. The topological polar surface area (TPSA) is 125 Å². The zero-order valence-corrected chi connectivity index (χ0v) is 16.6. The smallest absolute Gasteiger partial charge is 0.350 e. The first-order valence-electron chi connectivity index (χ1n) is 8.55. The summed E-state index contributed by atoms with van der Waals surface area (Å²) in [5, 5.41) is 11.8. The molecule has 150 valence electrons. The average Bonchev–Trinajstić information content (AvgIpc) is 2.69. The lowest BCUT2D eigenvalue weighted by atomic mass is 10.2. The number of anilines is 2. The summed E-state index contributed by atoms with van der Waals surface area (Å²) in [4.78, 5) is 23.0. The third-order valence-electron chi connectivity index (χ3n) is 3.73.